The van der Waals surface area contributed by atoms with Crippen LogP contribution < -0.4 is 5.32 Å². The lowest BCUT2D eigenvalue weighted by atomic mass is 9.83. The van der Waals surface area contributed by atoms with E-state index in [1.54, 1.807) is 0 Å². The van der Waals surface area contributed by atoms with E-state index in [0.717, 1.165) is 36.5 Å². The van der Waals surface area contributed by atoms with Crippen molar-refractivity contribution in [2.24, 2.45) is 0 Å². The average molecular weight is 306 g/mol. The lowest BCUT2D eigenvalue weighted by Crippen LogP contribution is -2.39. The summed E-state index contributed by atoms with van der Waals surface area (Å²) < 4.78 is 0. The standard InChI is InChI=1S/C19H22N4/c1-2-15-10-14(11-17(22-15)13-6-4-3-5-7-13)19-21-12-18-16(23-19)8-9-20-18/h3-9,12,14-15,17,22H,2,10-11H2,1H3,(H,21,23). The zero-order valence-electron chi connectivity index (χ0n) is 13.4. The molecule has 23 heavy (non-hydrogen) atoms. The molecule has 3 atom stereocenters. The molecule has 3 heterocycles. The third-order valence-electron chi connectivity index (χ3n) is 4.93. The normalized spacial score (nSPS) is 24.8. The first-order chi connectivity index (χ1) is 11.3. The van der Waals surface area contributed by atoms with E-state index < -0.39 is 0 Å². The maximum absolute atomic E-state index is 4.65. The molecule has 0 bridgehead atoms. The Hall–Kier alpha value is -2.20. The summed E-state index contributed by atoms with van der Waals surface area (Å²) in [5.41, 5.74) is 3.39. The van der Waals surface area contributed by atoms with Gasteiger partial charge in [-0.25, -0.2) is 4.98 Å². The van der Waals surface area contributed by atoms with Crippen LogP contribution in [0.5, 0.6) is 0 Å². The molecular weight excluding hydrogens is 284 g/mol. The second-order valence-electron chi connectivity index (χ2n) is 6.42. The van der Waals surface area contributed by atoms with Crippen LogP contribution in [0.25, 0.3) is 11.4 Å². The van der Waals surface area contributed by atoms with Crippen molar-refractivity contribution in [1.82, 2.24) is 20.3 Å². The number of aromatic nitrogens is 3. The van der Waals surface area contributed by atoms with Crippen LogP contribution in [-0.4, -0.2) is 21.0 Å². The lowest BCUT2D eigenvalue weighted by molar-refractivity contribution is 0.281. The van der Waals surface area contributed by atoms with E-state index in [-0.39, 0.29) is 0 Å². The van der Waals surface area contributed by atoms with E-state index in [1.807, 2.05) is 18.5 Å². The summed E-state index contributed by atoms with van der Waals surface area (Å²) >= 11 is 0. The lowest BCUT2D eigenvalue weighted by Gasteiger charge is -2.36. The SMILES string of the molecule is CCC1CC(c2ncc3nccc-3[nH]2)CC(c2ccccc2)N1. The molecule has 1 aromatic carbocycles. The third-order valence-corrected chi connectivity index (χ3v) is 4.93. The first kappa shape index (κ1) is 14.4. The van der Waals surface area contributed by atoms with Gasteiger partial charge in [-0.3, -0.25) is 4.98 Å². The van der Waals surface area contributed by atoms with Crippen LogP contribution in [0.3, 0.4) is 0 Å². The molecule has 3 aliphatic rings. The van der Waals surface area contributed by atoms with Crippen LogP contribution in [0, 0.1) is 0 Å². The topological polar surface area (TPSA) is 53.6 Å². The van der Waals surface area contributed by atoms with Crippen molar-refractivity contribution in [1.29, 1.82) is 0 Å². The molecule has 0 radical (unpaired) electrons. The first-order valence-electron chi connectivity index (χ1n) is 8.44. The highest BCUT2D eigenvalue weighted by molar-refractivity contribution is 5.54. The van der Waals surface area contributed by atoms with Crippen molar-refractivity contribution in [2.45, 2.75) is 44.2 Å². The number of rotatable bonds is 3. The first-order valence-corrected chi connectivity index (χ1v) is 8.44. The monoisotopic (exact) mass is 306 g/mol. The Labute approximate surface area is 136 Å². The molecule has 4 rings (SSSR count). The Morgan fingerprint density at radius 3 is 2.78 bits per heavy atom. The van der Waals surface area contributed by atoms with Gasteiger partial charge < -0.3 is 10.3 Å². The van der Waals surface area contributed by atoms with Gasteiger partial charge in [0.05, 0.1) is 11.9 Å². The van der Waals surface area contributed by atoms with E-state index in [2.05, 4.69) is 57.5 Å². The zero-order valence-corrected chi connectivity index (χ0v) is 13.4. The second-order valence-corrected chi connectivity index (χ2v) is 6.42. The summed E-state index contributed by atoms with van der Waals surface area (Å²) in [6.07, 6.45) is 7.06. The highest BCUT2D eigenvalue weighted by Gasteiger charge is 2.30. The van der Waals surface area contributed by atoms with E-state index in [4.69, 9.17) is 0 Å². The largest absolute Gasteiger partial charge is 0.342 e. The van der Waals surface area contributed by atoms with E-state index in [9.17, 15) is 0 Å². The number of nitrogens with one attached hydrogen (secondary N) is 2. The summed E-state index contributed by atoms with van der Waals surface area (Å²) in [5.74, 6) is 1.54. The van der Waals surface area contributed by atoms with Gasteiger partial charge in [0.25, 0.3) is 0 Å². The van der Waals surface area contributed by atoms with Gasteiger partial charge in [-0.15, -0.1) is 0 Å². The molecule has 0 saturated carbocycles. The van der Waals surface area contributed by atoms with Crippen molar-refractivity contribution < 1.29 is 0 Å². The molecule has 4 heteroatoms. The fourth-order valence-electron chi connectivity index (χ4n) is 3.63. The fraction of sp³-hybridized carbons (Fsp3) is 0.368. The van der Waals surface area contributed by atoms with Crippen molar-refractivity contribution in [2.75, 3.05) is 0 Å². The number of H-pyrrole nitrogens is 1. The summed E-state index contributed by atoms with van der Waals surface area (Å²) in [4.78, 5) is 12.4. The summed E-state index contributed by atoms with van der Waals surface area (Å²) in [7, 11) is 0. The number of nitrogens with zero attached hydrogens (tertiary/aromatic N) is 2. The van der Waals surface area contributed by atoms with Gasteiger partial charge >= 0.3 is 0 Å². The molecule has 2 N–H and O–H groups in total. The summed E-state index contributed by atoms with van der Waals surface area (Å²) in [6, 6.07) is 13.7. The number of hydrogen-bond donors (Lipinski definition) is 2. The number of fused-ring (bicyclic) bond motifs is 1. The van der Waals surface area contributed by atoms with Gasteiger partial charge in [0.15, 0.2) is 0 Å². The second kappa shape index (κ2) is 6.13. The predicted molar refractivity (Wildman–Crippen MR) is 91.4 cm³/mol. The van der Waals surface area contributed by atoms with E-state index in [1.165, 1.54) is 5.56 Å². The third kappa shape index (κ3) is 2.86. The van der Waals surface area contributed by atoms with Crippen molar-refractivity contribution >= 4 is 0 Å². The number of piperidine rings is 1. The van der Waals surface area contributed by atoms with E-state index in [0.29, 0.717) is 18.0 Å². The zero-order chi connectivity index (χ0) is 15.6. The van der Waals surface area contributed by atoms with Crippen molar-refractivity contribution in [3.63, 3.8) is 0 Å². The predicted octanol–water partition coefficient (Wildman–Crippen LogP) is 3.90. The van der Waals surface area contributed by atoms with Crippen LogP contribution >= 0.6 is 0 Å². The molecular formula is C19H22N4. The Balaban J connectivity index is 1.63. The van der Waals surface area contributed by atoms with Gasteiger partial charge in [-0.2, -0.15) is 0 Å². The molecule has 0 aromatic heterocycles. The summed E-state index contributed by atoms with van der Waals surface area (Å²) in [6.45, 7) is 2.25. The Kier molecular flexibility index (Phi) is 3.83. The van der Waals surface area contributed by atoms with Crippen LogP contribution in [0.15, 0.2) is 48.8 Å². The quantitative estimate of drug-likeness (QED) is 0.771. The molecule has 118 valence electrons. The fourth-order valence-corrected chi connectivity index (χ4v) is 3.63. The molecule has 1 saturated heterocycles. The Morgan fingerprint density at radius 2 is 1.96 bits per heavy atom. The van der Waals surface area contributed by atoms with Gasteiger partial charge in [0.2, 0.25) is 0 Å². The maximum atomic E-state index is 4.65. The van der Waals surface area contributed by atoms with Crippen LogP contribution in [-0.2, 0) is 0 Å². The van der Waals surface area contributed by atoms with Crippen LogP contribution in [0.2, 0.25) is 0 Å². The molecule has 0 aliphatic carbocycles. The van der Waals surface area contributed by atoms with Gasteiger partial charge in [-0.1, -0.05) is 37.3 Å². The molecule has 3 unspecified atom stereocenters. The minimum atomic E-state index is 0.392. The molecule has 0 spiro atoms. The van der Waals surface area contributed by atoms with Gasteiger partial charge in [-0.05, 0) is 30.9 Å². The smallest absolute Gasteiger partial charge is 0.109 e. The average Bonchev–Trinajstić information content (AvgIpc) is 3.09. The number of benzene rings is 1. The highest BCUT2D eigenvalue weighted by Crippen LogP contribution is 2.36. The maximum Gasteiger partial charge on any atom is 0.109 e. The Morgan fingerprint density at radius 1 is 1.09 bits per heavy atom. The molecule has 1 fully saturated rings. The minimum absolute atomic E-state index is 0.392. The molecule has 1 aromatic rings. The number of hydrogen-bond acceptors (Lipinski definition) is 3. The van der Waals surface area contributed by atoms with Crippen molar-refractivity contribution in [3.05, 3.63) is 60.2 Å². The molecule has 3 aliphatic heterocycles. The molecule has 4 nitrogen and oxygen atoms in total. The molecule has 0 amide bonds. The Bertz CT molecular complexity index is 736. The minimum Gasteiger partial charge on any atom is -0.342 e. The summed E-state index contributed by atoms with van der Waals surface area (Å²) in [5, 5.41) is 3.80. The highest BCUT2D eigenvalue weighted by atomic mass is 15.0. The van der Waals surface area contributed by atoms with Crippen molar-refractivity contribution in [3.8, 4) is 11.4 Å². The van der Waals surface area contributed by atoms with Gasteiger partial charge in [0, 0.05) is 24.2 Å². The number of aromatic amines is 1. The van der Waals surface area contributed by atoms with Crippen LogP contribution in [0.4, 0.5) is 0 Å². The van der Waals surface area contributed by atoms with E-state index >= 15 is 0 Å². The van der Waals surface area contributed by atoms with Gasteiger partial charge in [0.1, 0.15) is 11.5 Å². The van der Waals surface area contributed by atoms with Crippen LogP contribution in [0.1, 0.15) is 49.5 Å².